The number of nitrogens with zero attached hydrogens (tertiary/aromatic N) is 2. The van der Waals surface area contributed by atoms with Gasteiger partial charge in [-0.25, -0.2) is 9.79 Å². The van der Waals surface area contributed by atoms with Gasteiger partial charge in [0.15, 0.2) is 0 Å². The van der Waals surface area contributed by atoms with Crippen molar-refractivity contribution in [1.29, 1.82) is 0 Å². The van der Waals surface area contributed by atoms with E-state index in [2.05, 4.69) is 11.9 Å². The molecule has 1 aliphatic heterocycles. The lowest BCUT2D eigenvalue weighted by Gasteiger charge is -2.18. The number of hydrogen-bond acceptors (Lipinski definition) is 2. The van der Waals surface area contributed by atoms with Crippen molar-refractivity contribution in [2.24, 2.45) is 4.99 Å². The first-order chi connectivity index (χ1) is 7.83. The van der Waals surface area contributed by atoms with E-state index < -0.39 is 0 Å². The fraction of sp³-hybridized carbons (Fsp3) is 0.692. The van der Waals surface area contributed by atoms with Gasteiger partial charge in [0.1, 0.15) is 6.20 Å². The Bertz CT molecular complexity index is 247. The third kappa shape index (κ3) is 4.27. The molecule has 16 heavy (non-hydrogen) atoms. The molecular weight excluding hydrogens is 200 g/mol. The van der Waals surface area contributed by atoms with Gasteiger partial charge in [0, 0.05) is 0 Å². The van der Waals surface area contributed by atoms with E-state index in [0.29, 0.717) is 0 Å². The Morgan fingerprint density at radius 3 is 2.38 bits per heavy atom. The standard InChI is InChI=1S/C13H23N2O/c1-2-3-4-5-6-7-8-10-15(13-16)11-9-14-12-15/h9,11-13H,2-8,10H2,1H3/q+1. The van der Waals surface area contributed by atoms with Crippen LogP contribution in [-0.2, 0) is 4.79 Å². The molecule has 0 N–H and O–H groups in total. The second-order valence-corrected chi connectivity index (χ2v) is 4.51. The van der Waals surface area contributed by atoms with Crippen LogP contribution < -0.4 is 0 Å². The minimum absolute atomic E-state index is 0.287. The molecule has 1 aliphatic rings. The van der Waals surface area contributed by atoms with Gasteiger partial charge in [-0.05, 0) is 12.8 Å². The second-order valence-electron chi connectivity index (χ2n) is 4.51. The third-order valence-corrected chi connectivity index (χ3v) is 3.06. The Kier molecular flexibility index (Phi) is 6.01. The number of rotatable bonds is 9. The van der Waals surface area contributed by atoms with Gasteiger partial charge >= 0.3 is 6.41 Å². The van der Waals surface area contributed by atoms with E-state index in [1.165, 1.54) is 38.5 Å². The van der Waals surface area contributed by atoms with Crippen molar-refractivity contribution in [2.75, 3.05) is 6.54 Å². The van der Waals surface area contributed by atoms with E-state index in [1.807, 2.05) is 6.20 Å². The molecule has 1 amide bonds. The number of aliphatic imine (C=N–C) groups is 1. The van der Waals surface area contributed by atoms with Crippen LogP contribution in [0.25, 0.3) is 0 Å². The van der Waals surface area contributed by atoms with Gasteiger partial charge in [0.2, 0.25) is 6.34 Å². The third-order valence-electron chi connectivity index (χ3n) is 3.06. The number of carbonyl (C=O) groups excluding carboxylic acids is 1. The zero-order valence-electron chi connectivity index (χ0n) is 10.3. The van der Waals surface area contributed by atoms with Crippen molar-refractivity contribution in [1.82, 2.24) is 0 Å². The minimum Gasteiger partial charge on any atom is -0.233 e. The van der Waals surface area contributed by atoms with E-state index in [0.717, 1.165) is 19.4 Å². The van der Waals surface area contributed by atoms with Gasteiger partial charge in [-0.2, -0.15) is 4.48 Å². The summed E-state index contributed by atoms with van der Waals surface area (Å²) in [6, 6.07) is 0. The minimum atomic E-state index is 0.287. The molecule has 0 aromatic heterocycles. The number of quaternary nitrogens is 1. The van der Waals surface area contributed by atoms with Crippen molar-refractivity contribution >= 4 is 12.7 Å². The number of amides is 1. The smallest absolute Gasteiger partial charge is 0.233 e. The Balaban J connectivity index is 2.04. The van der Waals surface area contributed by atoms with Crippen LogP contribution >= 0.6 is 0 Å². The Hall–Kier alpha value is -0.960. The molecule has 0 saturated carbocycles. The van der Waals surface area contributed by atoms with Crippen LogP contribution in [0.15, 0.2) is 17.4 Å². The molecule has 0 aliphatic carbocycles. The van der Waals surface area contributed by atoms with Crippen molar-refractivity contribution in [3.8, 4) is 0 Å². The van der Waals surface area contributed by atoms with Crippen LogP contribution in [-0.4, -0.2) is 23.8 Å². The molecular formula is C13H23N2O+. The van der Waals surface area contributed by atoms with Gasteiger partial charge in [0.05, 0.1) is 12.7 Å². The molecule has 90 valence electrons. The summed E-state index contributed by atoms with van der Waals surface area (Å²) in [5.74, 6) is 0. The second kappa shape index (κ2) is 7.34. The van der Waals surface area contributed by atoms with Crippen LogP contribution in [0.3, 0.4) is 0 Å². The van der Waals surface area contributed by atoms with E-state index in [1.54, 1.807) is 12.5 Å². The van der Waals surface area contributed by atoms with Gasteiger partial charge in [0.25, 0.3) is 0 Å². The van der Waals surface area contributed by atoms with E-state index in [9.17, 15) is 4.79 Å². The highest BCUT2D eigenvalue weighted by molar-refractivity contribution is 5.63. The summed E-state index contributed by atoms with van der Waals surface area (Å²) >= 11 is 0. The molecule has 3 heteroatoms. The van der Waals surface area contributed by atoms with Crippen molar-refractivity contribution < 1.29 is 9.28 Å². The van der Waals surface area contributed by atoms with Crippen LogP contribution in [0, 0.1) is 0 Å². The summed E-state index contributed by atoms with van der Waals surface area (Å²) in [5.41, 5.74) is 0. The van der Waals surface area contributed by atoms with E-state index in [4.69, 9.17) is 0 Å². The Labute approximate surface area is 98.4 Å². The molecule has 0 radical (unpaired) electrons. The van der Waals surface area contributed by atoms with Crippen molar-refractivity contribution in [3.05, 3.63) is 12.4 Å². The predicted octanol–water partition coefficient (Wildman–Crippen LogP) is 3.22. The largest absolute Gasteiger partial charge is 0.311 e. The SMILES string of the molecule is CCCCCCCCC[N+]1(C=O)C=CN=C1. The highest BCUT2D eigenvalue weighted by Gasteiger charge is 2.24. The monoisotopic (exact) mass is 223 g/mol. The van der Waals surface area contributed by atoms with Crippen LogP contribution in [0.5, 0.6) is 0 Å². The fourth-order valence-corrected chi connectivity index (χ4v) is 1.95. The van der Waals surface area contributed by atoms with Crippen LogP contribution in [0.1, 0.15) is 51.9 Å². The molecule has 0 aromatic rings. The summed E-state index contributed by atoms with van der Waals surface area (Å²) in [6.07, 6.45) is 15.2. The summed E-state index contributed by atoms with van der Waals surface area (Å²) in [6.45, 7) is 3.09. The molecule has 0 bridgehead atoms. The summed E-state index contributed by atoms with van der Waals surface area (Å²) in [5, 5.41) is 0. The molecule has 0 saturated heterocycles. The average Bonchev–Trinajstić information content (AvgIpc) is 2.77. The maximum absolute atomic E-state index is 11.0. The molecule has 0 fully saturated rings. The summed E-state index contributed by atoms with van der Waals surface area (Å²) < 4.78 is 0.287. The molecule has 1 rings (SSSR count). The lowest BCUT2D eigenvalue weighted by Crippen LogP contribution is -2.39. The molecule has 3 nitrogen and oxygen atoms in total. The number of hydrogen-bond donors (Lipinski definition) is 0. The van der Waals surface area contributed by atoms with Gasteiger partial charge in [-0.3, -0.25) is 0 Å². The predicted molar refractivity (Wildman–Crippen MR) is 66.8 cm³/mol. The highest BCUT2D eigenvalue weighted by Crippen LogP contribution is 2.12. The maximum atomic E-state index is 11.0. The first-order valence-corrected chi connectivity index (χ1v) is 6.38. The maximum Gasteiger partial charge on any atom is 0.311 e. The first kappa shape index (κ1) is 13.1. The van der Waals surface area contributed by atoms with Crippen molar-refractivity contribution in [2.45, 2.75) is 51.9 Å². The molecule has 0 spiro atoms. The normalized spacial score (nSPS) is 22.8. The van der Waals surface area contributed by atoms with Crippen LogP contribution in [0.4, 0.5) is 0 Å². The zero-order chi connectivity index (χ0) is 11.7. The van der Waals surface area contributed by atoms with Crippen LogP contribution in [0.2, 0.25) is 0 Å². The highest BCUT2D eigenvalue weighted by atomic mass is 16.1. The van der Waals surface area contributed by atoms with Gasteiger partial charge in [-0.1, -0.05) is 39.0 Å². The number of unbranched alkanes of at least 4 members (excludes halogenated alkanes) is 6. The number of carbonyl (C=O) groups is 1. The quantitative estimate of drug-likeness (QED) is 0.335. The van der Waals surface area contributed by atoms with Gasteiger partial charge < -0.3 is 0 Å². The van der Waals surface area contributed by atoms with Crippen molar-refractivity contribution in [3.63, 3.8) is 0 Å². The average molecular weight is 223 g/mol. The summed E-state index contributed by atoms with van der Waals surface area (Å²) in [7, 11) is 0. The molecule has 1 unspecified atom stereocenters. The first-order valence-electron chi connectivity index (χ1n) is 6.38. The fourth-order valence-electron chi connectivity index (χ4n) is 1.95. The molecule has 0 aromatic carbocycles. The summed E-state index contributed by atoms with van der Waals surface area (Å²) in [4.78, 5) is 14.9. The lowest BCUT2D eigenvalue weighted by molar-refractivity contribution is -0.687. The lowest BCUT2D eigenvalue weighted by atomic mass is 10.1. The Morgan fingerprint density at radius 2 is 1.81 bits per heavy atom. The van der Waals surface area contributed by atoms with E-state index in [-0.39, 0.29) is 4.48 Å². The molecule has 1 heterocycles. The van der Waals surface area contributed by atoms with Gasteiger partial charge in [-0.15, -0.1) is 0 Å². The zero-order valence-corrected chi connectivity index (χ0v) is 10.3. The van der Waals surface area contributed by atoms with E-state index >= 15 is 0 Å². The molecule has 1 atom stereocenters. The Morgan fingerprint density at radius 1 is 1.12 bits per heavy atom. The topological polar surface area (TPSA) is 29.4 Å².